The second kappa shape index (κ2) is 8.33. The number of carbonyl (C=O) groups excluding carboxylic acids is 1. The number of cyclic esters (lactones) is 1. The van der Waals surface area contributed by atoms with E-state index >= 15 is 0 Å². The van der Waals surface area contributed by atoms with Crippen LogP contribution in [0.1, 0.15) is 84.4 Å². The van der Waals surface area contributed by atoms with Crippen LogP contribution in [-0.4, -0.2) is 36.7 Å². The van der Waals surface area contributed by atoms with Crippen LogP contribution in [-0.2, 0) is 26.8 Å². The maximum Gasteiger partial charge on any atom is 0.329 e. The van der Waals surface area contributed by atoms with Crippen molar-refractivity contribution < 1.29 is 9.53 Å². The zero-order valence-electron chi connectivity index (χ0n) is 21.8. The summed E-state index contributed by atoms with van der Waals surface area (Å²) in [5.41, 5.74) is 12.8. The van der Waals surface area contributed by atoms with Gasteiger partial charge in [-0.1, -0.05) is 48.5 Å². The van der Waals surface area contributed by atoms with E-state index in [1.165, 1.54) is 40.4 Å². The van der Waals surface area contributed by atoms with Gasteiger partial charge < -0.3 is 20.4 Å². The molecule has 0 saturated heterocycles. The summed E-state index contributed by atoms with van der Waals surface area (Å²) in [5.74, 6) is 0.462. The van der Waals surface area contributed by atoms with Crippen LogP contribution >= 0.6 is 0 Å². The molecule has 2 aliphatic rings. The lowest BCUT2D eigenvalue weighted by molar-refractivity contribution is -0.151. The molecule has 5 heteroatoms. The normalized spacial score (nSPS) is 30.3. The van der Waals surface area contributed by atoms with Gasteiger partial charge in [0.05, 0.1) is 5.52 Å². The minimum atomic E-state index is -0.354. The summed E-state index contributed by atoms with van der Waals surface area (Å²) in [6.45, 7) is 16.4. The molecular formula is C28H43N3O2. The Kier molecular flexibility index (Phi) is 6.09. The molecule has 0 saturated carbocycles. The van der Waals surface area contributed by atoms with Crippen LogP contribution in [0.4, 0.5) is 5.69 Å². The number of hydrogen-bond donors (Lipinski definition) is 2. The molecule has 2 aromatic rings. The molecule has 0 amide bonds. The first-order chi connectivity index (χ1) is 15.5. The smallest absolute Gasteiger partial charge is 0.329 e. The number of nitrogens with two attached hydrogens (primary N) is 1. The number of ether oxygens (including phenoxy) is 1. The van der Waals surface area contributed by atoms with Crippen molar-refractivity contribution in [2.75, 3.05) is 18.5 Å². The molecular weight excluding hydrogens is 410 g/mol. The lowest BCUT2D eigenvalue weighted by Crippen LogP contribution is -2.46. The molecule has 5 nitrogen and oxygen atoms in total. The first-order valence-electron chi connectivity index (χ1n) is 12.8. The highest BCUT2D eigenvalue weighted by Crippen LogP contribution is 2.54. The van der Waals surface area contributed by atoms with Crippen LogP contribution in [0.3, 0.4) is 0 Å². The van der Waals surface area contributed by atoms with E-state index in [0.717, 1.165) is 12.1 Å². The van der Waals surface area contributed by atoms with Gasteiger partial charge in [-0.25, -0.2) is 4.79 Å². The van der Waals surface area contributed by atoms with E-state index in [1.807, 2.05) is 0 Å². The topological polar surface area (TPSA) is 71.4 Å². The average molecular weight is 454 g/mol. The zero-order valence-corrected chi connectivity index (χ0v) is 21.8. The number of anilines is 1. The van der Waals surface area contributed by atoms with Crippen molar-refractivity contribution in [3.8, 4) is 0 Å². The largest absolute Gasteiger partial charge is 0.459 e. The summed E-state index contributed by atoms with van der Waals surface area (Å²) < 4.78 is 5.94. The monoisotopic (exact) mass is 453 g/mol. The summed E-state index contributed by atoms with van der Waals surface area (Å²) in [7, 11) is 2.06. The molecule has 1 aromatic heterocycles. The highest BCUT2D eigenvalue weighted by atomic mass is 16.5. The Hall–Kier alpha value is -2.01. The van der Waals surface area contributed by atoms with E-state index in [9.17, 15) is 4.79 Å². The Labute approximate surface area is 199 Å². The van der Waals surface area contributed by atoms with Gasteiger partial charge in [0.25, 0.3) is 0 Å². The summed E-state index contributed by atoms with van der Waals surface area (Å²) in [6.07, 6.45) is 5.92. The van der Waals surface area contributed by atoms with Crippen molar-refractivity contribution in [2.45, 2.75) is 97.1 Å². The molecule has 1 aliphatic heterocycles. The number of benzene rings is 1. The molecule has 182 valence electrons. The molecule has 4 unspecified atom stereocenters. The predicted molar refractivity (Wildman–Crippen MR) is 137 cm³/mol. The summed E-state index contributed by atoms with van der Waals surface area (Å²) in [4.78, 5) is 19.2. The molecule has 0 radical (unpaired) electrons. The van der Waals surface area contributed by atoms with Gasteiger partial charge in [-0.05, 0) is 64.7 Å². The number of esters is 1. The van der Waals surface area contributed by atoms with Gasteiger partial charge in [0.1, 0.15) is 12.1 Å². The molecule has 3 N–H and O–H groups in total. The van der Waals surface area contributed by atoms with Crippen LogP contribution < -0.4 is 10.6 Å². The van der Waals surface area contributed by atoms with E-state index < -0.39 is 0 Å². The van der Waals surface area contributed by atoms with Crippen LogP contribution in [0, 0.1) is 11.8 Å². The number of hydrogen-bond acceptors (Lipinski definition) is 4. The van der Waals surface area contributed by atoms with Crippen molar-refractivity contribution in [2.24, 2.45) is 17.6 Å². The standard InChI is InChI=1S/C28H43N3O2/c1-9-27(6)10-11-28(7,17(4)5)20-13-21-22-18(15-30-24(22)23(20)27)12-19(14-29)33-26(32)25(16(2)3)31(21)8/h13,15-17,19,25,30H,9-12,14,29H2,1-8H3. The molecule has 2 heterocycles. The van der Waals surface area contributed by atoms with Crippen LogP contribution in [0.15, 0.2) is 12.3 Å². The summed E-state index contributed by atoms with van der Waals surface area (Å²) in [6, 6.07) is 2.07. The van der Waals surface area contributed by atoms with E-state index in [2.05, 4.69) is 77.7 Å². The number of carbonyl (C=O) groups is 1. The summed E-state index contributed by atoms with van der Waals surface area (Å²) in [5, 5.41) is 1.24. The molecule has 0 bridgehead atoms. The van der Waals surface area contributed by atoms with Crippen molar-refractivity contribution in [3.63, 3.8) is 0 Å². The van der Waals surface area contributed by atoms with Crippen LogP contribution in [0.2, 0.25) is 0 Å². The lowest BCUT2D eigenvalue weighted by Gasteiger charge is -2.48. The van der Waals surface area contributed by atoms with E-state index in [4.69, 9.17) is 10.5 Å². The Morgan fingerprint density at radius 3 is 2.52 bits per heavy atom. The third-order valence-corrected chi connectivity index (χ3v) is 9.15. The number of aromatic amines is 1. The first-order valence-corrected chi connectivity index (χ1v) is 12.8. The van der Waals surface area contributed by atoms with E-state index in [0.29, 0.717) is 18.9 Å². The highest BCUT2D eigenvalue weighted by molar-refractivity contribution is 6.01. The molecule has 0 spiro atoms. The maximum absolute atomic E-state index is 13.3. The van der Waals surface area contributed by atoms with Crippen molar-refractivity contribution in [1.82, 2.24) is 4.98 Å². The van der Waals surface area contributed by atoms with Crippen LogP contribution in [0.5, 0.6) is 0 Å². The number of rotatable bonds is 4. The van der Waals surface area contributed by atoms with E-state index in [1.54, 1.807) is 0 Å². The van der Waals surface area contributed by atoms with Crippen molar-refractivity contribution >= 4 is 22.6 Å². The van der Waals surface area contributed by atoms with Gasteiger partial charge in [-0.2, -0.15) is 0 Å². The highest BCUT2D eigenvalue weighted by Gasteiger charge is 2.46. The molecule has 1 aliphatic carbocycles. The SMILES string of the molecule is CCC1(C)CCC(C)(C(C)C)c2cc3c4c(c[nH]c4c21)CC(CN)OC(=O)C(C(C)C)N3C. The number of likely N-dealkylation sites (N-methyl/N-ethyl adjacent to an activating group) is 1. The third kappa shape index (κ3) is 3.58. The maximum atomic E-state index is 13.3. The number of nitrogens with one attached hydrogen (secondary N) is 1. The first kappa shape index (κ1) is 24.1. The zero-order chi connectivity index (χ0) is 24.3. The van der Waals surface area contributed by atoms with Crippen molar-refractivity contribution in [1.29, 1.82) is 0 Å². The second-order valence-corrected chi connectivity index (χ2v) is 11.7. The van der Waals surface area contributed by atoms with Crippen molar-refractivity contribution in [3.05, 3.63) is 29.0 Å². The minimum Gasteiger partial charge on any atom is -0.459 e. The minimum absolute atomic E-state index is 0.0902. The Morgan fingerprint density at radius 2 is 1.94 bits per heavy atom. The van der Waals surface area contributed by atoms with E-state index in [-0.39, 0.29) is 34.9 Å². The number of fused-ring (bicyclic) bond motifs is 2. The number of aromatic nitrogens is 1. The lowest BCUT2D eigenvalue weighted by atomic mass is 9.57. The van der Waals surface area contributed by atoms with Gasteiger partial charge in [-0.3, -0.25) is 0 Å². The Balaban J connectivity index is 2.10. The van der Waals surface area contributed by atoms with Gasteiger partial charge in [-0.15, -0.1) is 0 Å². The Bertz CT molecular complexity index is 1060. The van der Waals surface area contributed by atoms with Gasteiger partial charge >= 0.3 is 5.97 Å². The fraction of sp³-hybridized carbons (Fsp3) is 0.679. The summed E-state index contributed by atoms with van der Waals surface area (Å²) >= 11 is 0. The fourth-order valence-corrected chi connectivity index (χ4v) is 6.31. The van der Waals surface area contributed by atoms with Gasteiger partial charge in [0, 0.05) is 37.3 Å². The van der Waals surface area contributed by atoms with Gasteiger partial charge in [0.2, 0.25) is 0 Å². The molecule has 4 atom stereocenters. The van der Waals surface area contributed by atoms with Crippen LogP contribution in [0.25, 0.3) is 10.9 Å². The number of nitrogens with zero attached hydrogens (tertiary/aromatic N) is 1. The average Bonchev–Trinajstić information content (AvgIpc) is 3.18. The molecule has 1 aromatic carbocycles. The van der Waals surface area contributed by atoms with Gasteiger partial charge in [0.15, 0.2) is 0 Å². The fourth-order valence-electron chi connectivity index (χ4n) is 6.31. The second-order valence-electron chi connectivity index (χ2n) is 11.7. The molecule has 33 heavy (non-hydrogen) atoms. The number of H-pyrrole nitrogens is 1. The predicted octanol–water partition coefficient (Wildman–Crippen LogP) is 5.43. The molecule has 0 fully saturated rings. The molecule has 4 rings (SSSR count). The Morgan fingerprint density at radius 1 is 1.24 bits per heavy atom. The third-order valence-electron chi connectivity index (χ3n) is 9.15. The quantitative estimate of drug-likeness (QED) is 0.606.